The van der Waals surface area contributed by atoms with E-state index in [1.165, 1.54) is 0 Å². The van der Waals surface area contributed by atoms with Crippen molar-refractivity contribution in [1.82, 2.24) is 16.2 Å². The number of nitrogens with one attached hydrogen (secondary N) is 3. The Morgan fingerprint density at radius 2 is 1.92 bits per heavy atom. The van der Waals surface area contributed by atoms with Gasteiger partial charge in [0, 0.05) is 12.6 Å². The molecule has 4 nitrogen and oxygen atoms in total. The van der Waals surface area contributed by atoms with E-state index in [1.807, 2.05) is 7.05 Å². The third kappa shape index (κ3) is 8.18. The third-order valence-corrected chi connectivity index (χ3v) is 1.95. The maximum atomic E-state index is 5.43. The van der Waals surface area contributed by atoms with Gasteiger partial charge in [-0.1, -0.05) is 6.92 Å². The standard InChI is InChI=1S/C9H24N4/c1-8(6-11-3)7-12-13-9(2)4-5-10/h8-9,11-13H,4-7,10H2,1-3H3. The number of rotatable bonds is 8. The van der Waals surface area contributed by atoms with Crippen LogP contribution in [-0.4, -0.2) is 32.7 Å². The van der Waals surface area contributed by atoms with E-state index in [2.05, 4.69) is 30.0 Å². The summed E-state index contributed by atoms with van der Waals surface area (Å²) in [5.74, 6) is 0.641. The van der Waals surface area contributed by atoms with Gasteiger partial charge in [-0.15, -0.1) is 0 Å². The van der Waals surface area contributed by atoms with Gasteiger partial charge in [0.2, 0.25) is 0 Å². The van der Waals surface area contributed by atoms with Gasteiger partial charge in [-0.25, -0.2) is 0 Å². The first-order chi connectivity index (χ1) is 6.20. The van der Waals surface area contributed by atoms with Crippen LogP contribution in [0.15, 0.2) is 0 Å². The van der Waals surface area contributed by atoms with Gasteiger partial charge in [0.15, 0.2) is 0 Å². The average molecular weight is 188 g/mol. The Hall–Kier alpha value is -0.160. The molecule has 0 aliphatic carbocycles. The topological polar surface area (TPSA) is 62.1 Å². The van der Waals surface area contributed by atoms with E-state index in [0.29, 0.717) is 12.0 Å². The highest BCUT2D eigenvalue weighted by atomic mass is 15.4. The second-order valence-corrected chi connectivity index (χ2v) is 3.67. The summed E-state index contributed by atoms with van der Waals surface area (Å²) in [4.78, 5) is 0. The minimum absolute atomic E-state index is 0.451. The summed E-state index contributed by atoms with van der Waals surface area (Å²) in [5, 5.41) is 3.14. The van der Waals surface area contributed by atoms with Gasteiger partial charge >= 0.3 is 0 Å². The third-order valence-electron chi connectivity index (χ3n) is 1.95. The molecule has 4 heteroatoms. The Labute approximate surface area is 81.6 Å². The molecule has 2 unspecified atom stereocenters. The van der Waals surface area contributed by atoms with Crippen molar-refractivity contribution in [2.24, 2.45) is 11.7 Å². The number of hydrazine groups is 1. The van der Waals surface area contributed by atoms with Crippen molar-refractivity contribution >= 4 is 0 Å². The van der Waals surface area contributed by atoms with E-state index in [0.717, 1.165) is 26.1 Å². The molecule has 5 N–H and O–H groups in total. The summed E-state index contributed by atoms with van der Waals surface area (Å²) in [7, 11) is 1.97. The largest absolute Gasteiger partial charge is 0.330 e. The van der Waals surface area contributed by atoms with Crippen molar-refractivity contribution in [2.45, 2.75) is 26.3 Å². The lowest BCUT2D eigenvalue weighted by Crippen LogP contribution is -2.43. The normalized spacial score (nSPS) is 15.7. The fourth-order valence-electron chi connectivity index (χ4n) is 1.15. The highest BCUT2D eigenvalue weighted by Gasteiger charge is 2.01. The molecular formula is C9H24N4. The second-order valence-electron chi connectivity index (χ2n) is 3.67. The quantitative estimate of drug-likeness (QED) is 0.394. The lowest BCUT2D eigenvalue weighted by atomic mass is 10.2. The van der Waals surface area contributed by atoms with Crippen molar-refractivity contribution in [3.63, 3.8) is 0 Å². The molecule has 0 aromatic rings. The molecule has 0 heterocycles. The lowest BCUT2D eigenvalue weighted by Gasteiger charge is -2.16. The summed E-state index contributed by atoms with van der Waals surface area (Å²) in [6.45, 7) is 7.10. The van der Waals surface area contributed by atoms with Gasteiger partial charge in [0.1, 0.15) is 0 Å². The lowest BCUT2D eigenvalue weighted by molar-refractivity contribution is 0.389. The zero-order chi connectivity index (χ0) is 10.1. The van der Waals surface area contributed by atoms with Crippen LogP contribution in [0.1, 0.15) is 20.3 Å². The van der Waals surface area contributed by atoms with Crippen LogP contribution >= 0.6 is 0 Å². The molecule has 0 aromatic heterocycles. The van der Waals surface area contributed by atoms with E-state index in [1.54, 1.807) is 0 Å². The van der Waals surface area contributed by atoms with Crippen LogP contribution in [0.3, 0.4) is 0 Å². The van der Waals surface area contributed by atoms with Gasteiger partial charge in [0.25, 0.3) is 0 Å². The minimum atomic E-state index is 0.451. The zero-order valence-corrected chi connectivity index (χ0v) is 9.06. The Kier molecular flexibility index (Phi) is 8.33. The molecule has 0 amide bonds. The number of hydrogen-bond donors (Lipinski definition) is 4. The molecule has 80 valence electrons. The fourth-order valence-corrected chi connectivity index (χ4v) is 1.15. The molecule has 0 rings (SSSR count). The van der Waals surface area contributed by atoms with Gasteiger partial charge < -0.3 is 11.1 Å². The van der Waals surface area contributed by atoms with Crippen molar-refractivity contribution in [3.8, 4) is 0 Å². The molecular weight excluding hydrogens is 164 g/mol. The smallest absolute Gasteiger partial charge is 0.0196 e. The maximum Gasteiger partial charge on any atom is 0.0196 e. The Morgan fingerprint density at radius 3 is 2.46 bits per heavy atom. The van der Waals surface area contributed by atoms with Crippen LogP contribution in [0.2, 0.25) is 0 Å². The second kappa shape index (κ2) is 8.44. The first-order valence-corrected chi connectivity index (χ1v) is 5.03. The Bertz CT molecular complexity index is 95.8. The number of hydrogen-bond acceptors (Lipinski definition) is 4. The zero-order valence-electron chi connectivity index (χ0n) is 9.06. The Morgan fingerprint density at radius 1 is 1.23 bits per heavy atom. The predicted octanol–water partition coefficient (Wildman–Crippen LogP) is -0.327. The van der Waals surface area contributed by atoms with Gasteiger partial charge in [0.05, 0.1) is 0 Å². The van der Waals surface area contributed by atoms with Crippen molar-refractivity contribution in [3.05, 3.63) is 0 Å². The van der Waals surface area contributed by atoms with E-state index < -0.39 is 0 Å². The van der Waals surface area contributed by atoms with E-state index >= 15 is 0 Å². The summed E-state index contributed by atoms with van der Waals surface area (Å²) in [6.07, 6.45) is 1.01. The molecule has 0 saturated heterocycles. The molecule has 13 heavy (non-hydrogen) atoms. The van der Waals surface area contributed by atoms with Crippen LogP contribution < -0.4 is 21.9 Å². The fraction of sp³-hybridized carbons (Fsp3) is 1.00. The van der Waals surface area contributed by atoms with E-state index in [9.17, 15) is 0 Å². The molecule has 0 saturated carbocycles. The summed E-state index contributed by atoms with van der Waals surface area (Å²) >= 11 is 0. The van der Waals surface area contributed by atoms with Crippen LogP contribution in [0.5, 0.6) is 0 Å². The van der Waals surface area contributed by atoms with E-state index in [-0.39, 0.29) is 0 Å². The van der Waals surface area contributed by atoms with Crippen molar-refractivity contribution < 1.29 is 0 Å². The van der Waals surface area contributed by atoms with Gasteiger partial charge in [-0.05, 0) is 39.4 Å². The SMILES string of the molecule is CNCC(C)CNNC(C)CCN. The molecule has 0 spiro atoms. The van der Waals surface area contributed by atoms with Gasteiger partial charge in [-0.3, -0.25) is 10.9 Å². The highest BCUT2D eigenvalue weighted by Crippen LogP contribution is 1.89. The maximum absolute atomic E-state index is 5.43. The average Bonchev–Trinajstić information content (AvgIpc) is 2.05. The Balaban J connectivity index is 3.23. The predicted molar refractivity (Wildman–Crippen MR) is 57.4 cm³/mol. The molecule has 0 bridgehead atoms. The van der Waals surface area contributed by atoms with E-state index in [4.69, 9.17) is 5.73 Å². The minimum Gasteiger partial charge on any atom is -0.330 e. The monoisotopic (exact) mass is 188 g/mol. The summed E-state index contributed by atoms with van der Waals surface area (Å²) < 4.78 is 0. The van der Waals surface area contributed by atoms with Crippen molar-refractivity contribution in [1.29, 1.82) is 0 Å². The molecule has 0 fully saturated rings. The van der Waals surface area contributed by atoms with Crippen LogP contribution in [-0.2, 0) is 0 Å². The first-order valence-electron chi connectivity index (χ1n) is 5.03. The molecule has 0 aromatic carbocycles. The number of nitrogens with two attached hydrogens (primary N) is 1. The van der Waals surface area contributed by atoms with Gasteiger partial charge in [-0.2, -0.15) is 0 Å². The summed E-state index contributed by atoms with van der Waals surface area (Å²) in [5.41, 5.74) is 11.9. The van der Waals surface area contributed by atoms with Crippen LogP contribution in [0, 0.1) is 5.92 Å². The molecule has 2 atom stereocenters. The highest BCUT2D eigenvalue weighted by molar-refractivity contribution is 4.60. The molecule has 0 radical (unpaired) electrons. The van der Waals surface area contributed by atoms with Crippen molar-refractivity contribution in [2.75, 3.05) is 26.7 Å². The molecule has 0 aliphatic heterocycles. The summed E-state index contributed by atoms with van der Waals surface area (Å²) in [6, 6.07) is 0.451. The van der Waals surface area contributed by atoms with Crippen LogP contribution in [0.4, 0.5) is 0 Å². The first kappa shape index (κ1) is 12.8. The molecule has 0 aliphatic rings. The van der Waals surface area contributed by atoms with Crippen LogP contribution in [0.25, 0.3) is 0 Å².